The van der Waals surface area contributed by atoms with E-state index in [9.17, 15) is 10.1 Å². The highest BCUT2D eigenvalue weighted by atomic mass is 127. The maximum atomic E-state index is 10.8. The molecule has 0 spiro atoms. The third-order valence-electron chi connectivity index (χ3n) is 3.82. The van der Waals surface area contributed by atoms with Crippen molar-refractivity contribution in [3.63, 3.8) is 0 Å². The molecule has 2 N–H and O–H groups in total. The van der Waals surface area contributed by atoms with Crippen LogP contribution in [0.15, 0.2) is 29.3 Å². The molecule has 2 rings (SSSR count). The van der Waals surface area contributed by atoms with Crippen molar-refractivity contribution in [2.45, 2.75) is 38.8 Å². The van der Waals surface area contributed by atoms with E-state index < -0.39 is 4.92 Å². The molecule has 0 aromatic heterocycles. The Hall–Kier alpha value is -1.42. The van der Waals surface area contributed by atoms with Gasteiger partial charge >= 0.3 is 0 Å². The van der Waals surface area contributed by atoms with E-state index in [0.29, 0.717) is 19.0 Å². The number of non-ortho nitro benzene ring substituents is 1. The third-order valence-corrected chi connectivity index (χ3v) is 3.82. The molecule has 0 aliphatic carbocycles. The van der Waals surface area contributed by atoms with Crippen molar-refractivity contribution in [3.8, 4) is 0 Å². The first-order valence-electron chi connectivity index (χ1n) is 7.92. The number of hydrogen-bond donors (Lipinski definition) is 2. The number of halogens is 1. The SMILES string of the molecule is CCNC(=NCc1cccc([N+](=O)[O-])c1)NCC1(C)CCCO1.I. The highest BCUT2D eigenvalue weighted by Crippen LogP contribution is 2.23. The van der Waals surface area contributed by atoms with Gasteiger partial charge in [0.1, 0.15) is 0 Å². The van der Waals surface area contributed by atoms with Crippen LogP contribution in [0.1, 0.15) is 32.3 Å². The first kappa shape index (κ1) is 20.6. The molecule has 1 saturated heterocycles. The van der Waals surface area contributed by atoms with Crippen molar-refractivity contribution < 1.29 is 9.66 Å². The molecule has 0 amide bonds. The van der Waals surface area contributed by atoms with Gasteiger partial charge in [-0.05, 0) is 32.3 Å². The van der Waals surface area contributed by atoms with Gasteiger partial charge in [0.2, 0.25) is 0 Å². The molecule has 1 fully saturated rings. The van der Waals surface area contributed by atoms with E-state index in [4.69, 9.17) is 4.74 Å². The number of nitrogens with zero attached hydrogens (tertiary/aromatic N) is 2. The van der Waals surface area contributed by atoms with Gasteiger partial charge in [-0.3, -0.25) is 10.1 Å². The van der Waals surface area contributed by atoms with Gasteiger partial charge in [0.25, 0.3) is 5.69 Å². The summed E-state index contributed by atoms with van der Waals surface area (Å²) in [7, 11) is 0. The Morgan fingerprint density at radius 2 is 2.25 bits per heavy atom. The van der Waals surface area contributed by atoms with Crippen molar-refractivity contribution in [3.05, 3.63) is 39.9 Å². The standard InChI is InChI=1S/C16H24N4O3.HI/c1-3-17-15(19-12-16(2)8-5-9-23-16)18-11-13-6-4-7-14(10-13)20(21)22;/h4,6-7,10H,3,5,8-9,11-12H2,1-2H3,(H2,17,18,19);1H. The number of rotatable bonds is 6. The number of nitro benzene ring substituents is 1. The Morgan fingerprint density at radius 3 is 2.88 bits per heavy atom. The van der Waals surface area contributed by atoms with Crippen molar-refractivity contribution in [1.29, 1.82) is 0 Å². The van der Waals surface area contributed by atoms with Gasteiger partial charge in [-0.2, -0.15) is 0 Å². The summed E-state index contributed by atoms with van der Waals surface area (Å²) in [6, 6.07) is 6.54. The smallest absolute Gasteiger partial charge is 0.269 e. The Balaban J connectivity index is 0.00000288. The van der Waals surface area contributed by atoms with E-state index in [1.807, 2.05) is 13.0 Å². The largest absolute Gasteiger partial charge is 0.373 e. The molecule has 1 aromatic rings. The summed E-state index contributed by atoms with van der Waals surface area (Å²) in [6.45, 7) is 6.72. The maximum absolute atomic E-state index is 10.8. The molecule has 1 aliphatic rings. The van der Waals surface area contributed by atoms with E-state index in [0.717, 1.165) is 31.6 Å². The van der Waals surface area contributed by atoms with Gasteiger partial charge in [0, 0.05) is 31.8 Å². The quantitative estimate of drug-likeness (QED) is 0.230. The van der Waals surface area contributed by atoms with Crippen LogP contribution >= 0.6 is 24.0 Å². The molecule has 7 nitrogen and oxygen atoms in total. The zero-order valence-corrected chi connectivity index (χ0v) is 16.4. The van der Waals surface area contributed by atoms with Crippen molar-refractivity contribution >= 4 is 35.6 Å². The lowest BCUT2D eigenvalue weighted by Crippen LogP contribution is -2.45. The Labute approximate surface area is 159 Å². The first-order chi connectivity index (χ1) is 11.0. The second-order valence-electron chi connectivity index (χ2n) is 5.88. The number of benzene rings is 1. The minimum absolute atomic E-state index is 0. The number of hydrogen-bond acceptors (Lipinski definition) is 4. The van der Waals surface area contributed by atoms with Crippen LogP contribution in [0.4, 0.5) is 5.69 Å². The average molecular weight is 448 g/mol. The first-order valence-corrected chi connectivity index (χ1v) is 7.92. The second-order valence-corrected chi connectivity index (χ2v) is 5.88. The molecule has 0 saturated carbocycles. The summed E-state index contributed by atoms with van der Waals surface area (Å²) in [5.74, 6) is 0.690. The zero-order chi connectivity index (χ0) is 16.7. The van der Waals surface area contributed by atoms with Crippen LogP contribution < -0.4 is 10.6 Å². The maximum Gasteiger partial charge on any atom is 0.269 e. The van der Waals surface area contributed by atoms with Crippen LogP contribution in [0, 0.1) is 10.1 Å². The molecule has 1 aliphatic heterocycles. The molecule has 1 unspecified atom stereocenters. The third kappa shape index (κ3) is 6.23. The number of aliphatic imine (C=N–C) groups is 1. The van der Waals surface area contributed by atoms with Gasteiger partial charge in [-0.1, -0.05) is 12.1 Å². The molecular formula is C16H25IN4O3. The summed E-state index contributed by atoms with van der Waals surface area (Å²) in [5, 5.41) is 17.3. The Morgan fingerprint density at radius 1 is 1.46 bits per heavy atom. The topological polar surface area (TPSA) is 88.8 Å². The van der Waals surface area contributed by atoms with Crippen LogP contribution in [0.25, 0.3) is 0 Å². The second kappa shape index (κ2) is 9.77. The predicted octanol–water partition coefficient (Wildman–Crippen LogP) is 2.84. The van der Waals surface area contributed by atoms with Gasteiger partial charge in [0.05, 0.1) is 17.1 Å². The summed E-state index contributed by atoms with van der Waals surface area (Å²) < 4.78 is 5.75. The lowest BCUT2D eigenvalue weighted by molar-refractivity contribution is -0.384. The predicted molar refractivity (Wildman–Crippen MR) is 105 cm³/mol. The van der Waals surface area contributed by atoms with Crippen LogP contribution in [0.3, 0.4) is 0 Å². The molecule has 1 atom stereocenters. The van der Waals surface area contributed by atoms with Gasteiger partial charge in [0.15, 0.2) is 5.96 Å². The minimum Gasteiger partial charge on any atom is -0.373 e. The normalized spacial score (nSPS) is 20.3. The van der Waals surface area contributed by atoms with Crippen molar-refractivity contribution in [1.82, 2.24) is 10.6 Å². The Bertz CT molecular complexity index is 574. The lowest BCUT2D eigenvalue weighted by Gasteiger charge is -2.24. The zero-order valence-electron chi connectivity index (χ0n) is 14.1. The highest BCUT2D eigenvalue weighted by Gasteiger charge is 2.29. The van der Waals surface area contributed by atoms with E-state index >= 15 is 0 Å². The molecule has 0 bridgehead atoms. The molecule has 134 valence electrons. The van der Waals surface area contributed by atoms with Gasteiger partial charge in [-0.25, -0.2) is 4.99 Å². The minimum atomic E-state index is -0.394. The van der Waals surface area contributed by atoms with Crippen LogP contribution in [0.5, 0.6) is 0 Å². The fraction of sp³-hybridized carbons (Fsp3) is 0.562. The van der Waals surface area contributed by atoms with Gasteiger partial charge < -0.3 is 15.4 Å². The van der Waals surface area contributed by atoms with E-state index in [1.54, 1.807) is 12.1 Å². The summed E-state index contributed by atoms with van der Waals surface area (Å²) >= 11 is 0. The number of guanidine groups is 1. The molecular weight excluding hydrogens is 423 g/mol. The molecule has 24 heavy (non-hydrogen) atoms. The summed E-state index contributed by atoms with van der Waals surface area (Å²) in [6.07, 6.45) is 2.11. The average Bonchev–Trinajstić information content (AvgIpc) is 2.97. The Kier molecular flexibility index (Phi) is 8.40. The fourth-order valence-corrected chi connectivity index (χ4v) is 2.53. The van der Waals surface area contributed by atoms with Gasteiger partial charge in [-0.15, -0.1) is 24.0 Å². The highest BCUT2D eigenvalue weighted by molar-refractivity contribution is 14.0. The molecule has 1 aromatic carbocycles. The van der Waals surface area contributed by atoms with Crippen LogP contribution in [-0.2, 0) is 11.3 Å². The number of nitro groups is 1. The van der Waals surface area contributed by atoms with Crippen LogP contribution in [0.2, 0.25) is 0 Å². The molecule has 0 radical (unpaired) electrons. The molecule has 8 heteroatoms. The van der Waals surface area contributed by atoms with Crippen molar-refractivity contribution in [2.75, 3.05) is 19.7 Å². The van der Waals surface area contributed by atoms with E-state index in [1.165, 1.54) is 6.07 Å². The van der Waals surface area contributed by atoms with E-state index in [-0.39, 0.29) is 35.3 Å². The lowest BCUT2D eigenvalue weighted by atomic mass is 10.0. The number of nitrogens with one attached hydrogen (secondary N) is 2. The van der Waals surface area contributed by atoms with Crippen molar-refractivity contribution in [2.24, 2.45) is 4.99 Å². The monoisotopic (exact) mass is 448 g/mol. The fourth-order valence-electron chi connectivity index (χ4n) is 2.53. The molecule has 1 heterocycles. The number of ether oxygens (including phenoxy) is 1. The van der Waals surface area contributed by atoms with Crippen LogP contribution in [-0.4, -0.2) is 36.2 Å². The summed E-state index contributed by atoms with van der Waals surface area (Å²) in [4.78, 5) is 14.9. The van der Waals surface area contributed by atoms with E-state index in [2.05, 4.69) is 22.5 Å². The summed E-state index contributed by atoms with van der Waals surface area (Å²) in [5.41, 5.74) is 0.740.